The molecule has 0 radical (unpaired) electrons. The lowest BCUT2D eigenvalue weighted by atomic mass is 10.2. The first-order chi connectivity index (χ1) is 7.15. The van der Waals surface area contributed by atoms with Crippen LogP contribution in [0, 0.1) is 5.82 Å². The summed E-state index contributed by atoms with van der Waals surface area (Å²) in [7, 11) is 0. The summed E-state index contributed by atoms with van der Waals surface area (Å²) in [5, 5.41) is 0.946. The van der Waals surface area contributed by atoms with E-state index >= 15 is 0 Å². The van der Waals surface area contributed by atoms with E-state index in [4.69, 9.17) is 16.0 Å². The van der Waals surface area contributed by atoms with E-state index in [0.29, 0.717) is 0 Å². The second-order valence-electron chi connectivity index (χ2n) is 3.71. The van der Waals surface area contributed by atoms with Crippen molar-refractivity contribution < 1.29 is 8.81 Å². The maximum absolute atomic E-state index is 12.9. The van der Waals surface area contributed by atoms with Gasteiger partial charge in [-0.25, -0.2) is 4.39 Å². The van der Waals surface area contributed by atoms with Gasteiger partial charge in [-0.1, -0.05) is 0 Å². The van der Waals surface area contributed by atoms with Crippen molar-refractivity contribution in [3.05, 3.63) is 35.8 Å². The average molecular weight is 227 g/mol. The molecular formula is C12H12ClFO. The maximum Gasteiger partial charge on any atom is 0.134 e. The molecule has 1 unspecified atom stereocenters. The standard InChI is InChI=1S/C12H12ClFO/c1-8(13)2-4-11-7-9-6-10(14)3-5-12(9)15-11/h3,5-8H,2,4H2,1H3. The van der Waals surface area contributed by atoms with Crippen molar-refractivity contribution in [1.29, 1.82) is 0 Å². The smallest absolute Gasteiger partial charge is 0.134 e. The molecule has 3 heteroatoms. The van der Waals surface area contributed by atoms with Crippen molar-refractivity contribution in [3.8, 4) is 0 Å². The minimum atomic E-state index is -0.236. The zero-order valence-corrected chi connectivity index (χ0v) is 9.22. The molecule has 1 atom stereocenters. The second kappa shape index (κ2) is 4.23. The Hall–Kier alpha value is -1.02. The van der Waals surface area contributed by atoms with Crippen LogP contribution in [0.2, 0.25) is 0 Å². The van der Waals surface area contributed by atoms with E-state index in [9.17, 15) is 4.39 Å². The molecule has 0 fully saturated rings. The number of benzene rings is 1. The molecule has 15 heavy (non-hydrogen) atoms. The van der Waals surface area contributed by atoms with E-state index in [2.05, 4.69) is 0 Å². The summed E-state index contributed by atoms with van der Waals surface area (Å²) in [6, 6.07) is 6.40. The molecule has 1 heterocycles. The highest BCUT2D eigenvalue weighted by atomic mass is 35.5. The van der Waals surface area contributed by atoms with Gasteiger partial charge in [0.05, 0.1) is 0 Å². The number of alkyl halides is 1. The molecule has 2 aromatic rings. The van der Waals surface area contributed by atoms with Crippen LogP contribution in [0.15, 0.2) is 28.7 Å². The fraction of sp³-hybridized carbons (Fsp3) is 0.333. The lowest BCUT2D eigenvalue weighted by molar-refractivity contribution is 0.537. The summed E-state index contributed by atoms with van der Waals surface area (Å²) in [4.78, 5) is 0. The Kier molecular flexibility index (Phi) is 2.96. The predicted octanol–water partition coefficient (Wildman–Crippen LogP) is 4.13. The zero-order valence-electron chi connectivity index (χ0n) is 8.47. The van der Waals surface area contributed by atoms with E-state index in [-0.39, 0.29) is 11.2 Å². The first kappa shape index (κ1) is 10.5. The molecule has 1 aromatic carbocycles. The van der Waals surface area contributed by atoms with Gasteiger partial charge in [-0.05, 0) is 37.6 Å². The van der Waals surface area contributed by atoms with Crippen molar-refractivity contribution in [1.82, 2.24) is 0 Å². The van der Waals surface area contributed by atoms with E-state index in [0.717, 1.165) is 29.6 Å². The van der Waals surface area contributed by atoms with Gasteiger partial charge in [-0.2, -0.15) is 0 Å². The highest BCUT2D eigenvalue weighted by Gasteiger charge is 2.05. The summed E-state index contributed by atoms with van der Waals surface area (Å²) >= 11 is 5.85. The molecule has 0 bridgehead atoms. The molecule has 2 rings (SSSR count). The van der Waals surface area contributed by atoms with Crippen LogP contribution in [-0.2, 0) is 6.42 Å². The molecule has 1 aromatic heterocycles. The second-order valence-corrected chi connectivity index (χ2v) is 4.46. The molecule has 80 valence electrons. The van der Waals surface area contributed by atoms with Crippen molar-refractivity contribution >= 4 is 22.6 Å². The highest BCUT2D eigenvalue weighted by Crippen LogP contribution is 2.21. The fourth-order valence-electron chi connectivity index (χ4n) is 1.53. The molecule has 0 saturated carbocycles. The van der Waals surface area contributed by atoms with Crippen molar-refractivity contribution in [2.24, 2.45) is 0 Å². The lowest BCUT2D eigenvalue weighted by Crippen LogP contribution is -1.92. The predicted molar refractivity (Wildman–Crippen MR) is 59.8 cm³/mol. The van der Waals surface area contributed by atoms with E-state index in [1.807, 2.05) is 13.0 Å². The minimum Gasteiger partial charge on any atom is -0.461 e. The quantitative estimate of drug-likeness (QED) is 0.718. The van der Waals surface area contributed by atoms with Gasteiger partial charge in [0, 0.05) is 17.2 Å². The van der Waals surface area contributed by atoms with E-state index in [1.165, 1.54) is 12.1 Å². The summed E-state index contributed by atoms with van der Waals surface area (Å²) < 4.78 is 18.4. The van der Waals surface area contributed by atoms with Gasteiger partial charge in [-0.15, -0.1) is 11.6 Å². The number of furan rings is 1. The minimum absolute atomic E-state index is 0.134. The van der Waals surface area contributed by atoms with E-state index in [1.54, 1.807) is 6.07 Å². The summed E-state index contributed by atoms with van der Waals surface area (Å²) in [5.41, 5.74) is 0.730. The topological polar surface area (TPSA) is 13.1 Å². The lowest BCUT2D eigenvalue weighted by Gasteiger charge is -1.98. The van der Waals surface area contributed by atoms with Crippen LogP contribution < -0.4 is 0 Å². The monoisotopic (exact) mass is 226 g/mol. The number of hydrogen-bond acceptors (Lipinski definition) is 1. The number of aryl methyl sites for hydroxylation is 1. The Bertz CT molecular complexity index is 462. The first-order valence-corrected chi connectivity index (χ1v) is 5.41. The summed E-state index contributed by atoms with van der Waals surface area (Å²) in [6.07, 6.45) is 1.66. The fourth-order valence-corrected chi connectivity index (χ4v) is 1.64. The van der Waals surface area contributed by atoms with Gasteiger partial charge in [0.25, 0.3) is 0 Å². The molecule has 1 nitrogen and oxygen atoms in total. The molecule has 0 aliphatic rings. The van der Waals surface area contributed by atoms with Gasteiger partial charge in [0.2, 0.25) is 0 Å². The SMILES string of the molecule is CC(Cl)CCc1cc2cc(F)ccc2o1. The number of hydrogen-bond donors (Lipinski definition) is 0. The van der Waals surface area contributed by atoms with Gasteiger partial charge < -0.3 is 4.42 Å². The molecule has 0 N–H and O–H groups in total. The van der Waals surface area contributed by atoms with Gasteiger partial charge in [-0.3, -0.25) is 0 Å². The molecule has 0 aliphatic carbocycles. The van der Waals surface area contributed by atoms with Crippen molar-refractivity contribution in [3.63, 3.8) is 0 Å². The van der Waals surface area contributed by atoms with Crippen LogP contribution in [0.5, 0.6) is 0 Å². The first-order valence-electron chi connectivity index (χ1n) is 4.97. The Labute approximate surface area is 92.8 Å². The molecule has 0 aliphatic heterocycles. The van der Waals surface area contributed by atoms with Crippen LogP contribution >= 0.6 is 11.6 Å². The third-order valence-electron chi connectivity index (χ3n) is 2.32. The summed E-state index contributed by atoms with van der Waals surface area (Å²) in [5.74, 6) is 0.628. The Morgan fingerprint density at radius 3 is 2.93 bits per heavy atom. The highest BCUT2D eigenvalue weighted by molar-refractivity contribution is 6.20. The Morgan fingerprint density at radius 1 is 1.40 bits per heavy atom. The number of fused-ring (bicyclic) bond motifs is 1. The van der Waals surface area contributed by atoms with Crippen LogP contribution in [0.3, 0.4) is 0 Å². The number of halogens is 2. The molecule has 0 saturated heterocycles. The van der Waals surface area contributed by atoms with Crippen molar-refractivity contribution in [2.75, 3.05) is 0 Å². The molecule has 0 amide bonds. The third-order valence-corrected chi connectivity index (χ3v) is 2.54. The Balaban J connectivity index is 2.23. The van der Waals surface area contributed by atoms with E-state index < -0.39 is 0 Å². The Morgan fingerprint density at radius 2 is 2.20 bits per heavy atom. The molecule has 0 spiro atoms. The molecular weight excluding hydrogens is 215 g/mol. The van der Waals surface area contributed by atoms with Gasteiger partial charge >= 0.3 is 0 Å². The average Bonchev–Trinajstić information content (AvgIpc) is 2.56. The summed E-state index contributed by atoms with van der Waals surface area (Å²) in [6.45, 7) is 1.95. The van der Waals surface area contributed by atoms with Crippen molar-refractivity contribution in [2.45, 2.75) is 25.1 Å². The largest absolute Gasteiger partial charge is 0.461 e. The third kappa shape index (κ3) is 2.51. The van der Waals surface area contributed by atoms with Gasteiger partial charge in [0.15, 0.2) is 0 Å². The van der Waals surface area contributed by atoms with Crippen LogP contribution in [0.25, 0.3) is 11.0 Å². The normalized spacial score (nSPS) is 13.3. The zero-order chi connectivity index (χ0) is 10.8. The van der Waals surface area contributed by atoms with Crippen LogP contribution in [0.4, 0.5) is 4.39 Å². The van der Waals surface area contributed by atoms with Gasteiger partial charge in [0.1, 0.15) is 17.2 Å². The maximum atomic E-state index is 12.9. The van der Waals surface area contributed by atoms with Crippen LogP contribution in [-0.4, -0.2) is 5.38 Å². The van der Waals surface area contributed by atoms with Crippen LogP contribution in [0.1, 0.15) is 19.1 Å². The number of rotatable bonds is 3.